The van der Waals surface area contributed by atoms with E-state index in [4.69, 9.17) is 0 Å². The summed E-state index contributed by atoms with van der Waals surface area (Å²) >= 11 is 3.37. The lowest BCUT2D eigenvalue weighted by molar-refractivity contribution is -0.136. The number of amides is 2. The van der Waals surface area contributed by atoms with E-state index in [0.717, 1.165) is 21.2 Å². The molecule has 0 aliphatic carbocycles. The van der Waals surface area contributed by atoms with Crippen LogP contribution < -0.4 is 10.7 Å². The molecule has 0 aliphatic rings. The molecule has 0 spiro atoms. The molecule has 0 aromatic heterocycles. The van der Waals surface area contributed by atoms with Crippen molar-refractivity contribution >= 4 is 39.6 Å². The Balaban J connectivity index is 1.94. The fourth-order valence-electron chi connectivity index (χ4n) is 1.80. The number of nitrogens with zero attached hydrogens (tertiary/aromatic N) is 1. The summed E-state index contributed by atoms with van der Waals surface area (Å²) in [4.78, 5) is 23.5. The van der Waals surface area contributed by atoms with Gasteiger partial charge in [0.1, 0.15) is 0 Å². The molecular weight excluding hydrogens is 358 g/mol. The predicted octanol–water partition coefficient (Wildman–Crippen LogP) is 3.15. The van der Waals surface area contributed by atoms with Gasteiger partial charge in [-0.3, -0.25) is 9.59 Å². The third kappa shape index (κ3) is 4.75. The molecule has 0 saturated heterocycles. The van der Waals surface area contributed by atoms with Crippen LogP contribution in [-0.2, 0) is 9.59 Å². The van der Waals surface area contributed by atoms with Gasteiger partial charge in [0, 0.05) is 15.7 Å². The van der Waals surface area contributed by atoms with Gasteiger partial charge in [-0.2, -0.15) is 5.10 Å². The van der Waals surface area contributed by atoms with Crippen molar-refractivity contribution in [2.24, 2.45) is 5.10 Å². The molecule has 0 aliphatic heterocycles. The molecule has 0 saturated carbocycles. The van der Waals surface area contributed by atoms with Crippen molar-refractivity contribution < 1.29 is 9.59 Å². The first-order valence-electron chi connectivity index (χ1n) is 6.93. The molecule has 6 heteroatoms. The second kappa shape index (κ2) is 7.69. The number of rotatable bonds is 3. The van der Waals surface area contributed by atoms with E-state index in [0.29, 0.717) is 5.69 Å². The Kier molecular flexibility index (Phi) is 5.65. The van der Waals surface area contributed by atoms with Crippen LogP contribution in [0.5, 0.6) is 0 Å². The van der Waals surface area contributed by atoms with Crippen molar-refractivity contribution in [1.29, 1.82) is 0 Å². The predicted molar refractivity (Wildman–Crippen MR) is 94.4 cm³/mol. The molecule has 2 amide bonds. The van der Waals surface area contributed by atoms with Crippen LogP contribution in [0.25, 0.3) is 0 Å². The van der Waals surface area contributed by atoms with Crippen molar-refractivity contribution in [3.8, 4) is 0 Å². The number of carbonyl (C=O) groups is 2. The highest BCUT2D eigenvalue weighted by atomic mass is 79.9. The zero-order chi connectivity index (χ0) is 16.8. The number of carbonyl (C=O) groups excluding carboxylic acids is 2. The molecule has 118 valence electrons. The Morgan fingerprint density at radius 2 is 1.78 bits per heavy atom. The van der Waals surface area contributed by atoms with Gasteiger partial charge < -0.3 is 5.32 Å². The Labute approximate surface area is 142 Å². The van der Waals surface area contributed by atoms with Gasteiger partial charge in [0.15, 0.2) is 0 Å². The number of hydrogen-bond donors (Lipinski definition) is 2. The minimum atomic E-state index is -0.827. The van der Waals surface area contributed by atoms with Crippen molar-refractivity contribution in [1.82, 2.24) is 5.43 Å². The summed E-state index contributed by atoms with van der Waals surface area (Å²) in [6.07, 6.45) is 1.46. The summed E-state index contributed by atoms with van der Waals surface area (Å²) in [5, 5.41) is 6.32. The second-order valence-corrected chi connectivity index (χ2v) is 5.83. The van der Waals surface area contributed by atoms with Gasteiger partial charge in [-0.1, -0.05) is 40.2 Å². The first-order valence-corrected chi connectivity index (χ1v) is 7.73. The lowest BCUT2D eigenvalue weighted by atomic mass is 10.1. The molecule has 2 aromatic rings. The Morgan fingerprint density at radius 1 is 1.04 bits per heavy atom. The van der Waals surface area contributed by atoms with Gasteiger partial charge in [0.05, 0.1) is 6.21 Å². The molecule has 2 N–H and O–H groups in total. The summed E-state index contributed by atoms with van der Waals surface area (Å²) in [5.41, 5.74) is 5.72. The average Bonchev–Trinajstić information content (AvgIpc) is 2.52. The molecule has 2 rings (SSSR count). The lowest BCUT2D eigenvalue weighted by Crippen LogP contribution is -2.32. The van der Waals surface area contributed by atoms with Gasteiger partial charge in [-0.05, 0) is 43.2 Å². The highest BCUT2D eigenvalue weighted by molar-refractivity contribution is 9.10. The number of benzene rings is 2. The van der Waals surface area contributed by atoms with E-state index in [2.05, 4.69) is 31.8 Å². The Bertz CT molecular complexity index is 772. The van der Waals surface area contributed by atoms with Crippen LogP contribution in [0.3, 0.4) is 0 Å². The van der Waals surface area contributed by atoms with E-state index >= 15 is 0 Å². The summed E-state index contributed by atoms with van der Waals surface area (Å²) in [6.45, 7) is 3.91. The monoisotopic (exact) mass is 373 g/mol. The van der Waals surface area contributed by atoms with Crippen LogP contribution in [0.2, 0.25) is 0 Å². The van der Waals surface area contributed by atoms with Crippen LogP contribution in [0.4, 0.5) is 5.69 Å². The molecule has 0 heterocycles. The van der Waals surface area contributed by atoms with Gasteiger partial charge in [0.2, 0.25) is 0 Å². The van der Waals surface area contributed by atoms with Crippen molar-refractivity contribution in [2.75, 3.05) is 5.32 Å². The van der Waals surface area contributed by atoms with E-state index in [1.807, 2.05) is 50.2 Å². The average molecular weight is 374 g/mol. The first kappa shape index (κ1) is 16.9. The molecule has 0 radical (unpaired) electrons. The second-order valence-electron chi connectivity index (χ2n) is 4.97. The SMILES string of the molecule is Cc1ccc(NC(=O)C(=O)N/N=C/c2ccccc2Br)cc1C. The van der Waals surface area contributed by atoms with Crippen molar-refractivity contribution in [3.05, 3.63) is 63.6 Å². The molecule has 5 nitrogen and oxygen atoms in total. The number of aryl methyl sites for hydroxylation is 2. The van der Waals surface area contributed by atoms with Crippen molar-refractivity contribution in [3.63, 3.8) is 0 Å². The number of hydrogen-bond acceptors (Lipinski definition) is 3. The van der Waals surface area contributed by atoms with Gasteiger partial charge in [-0.15, -0.1) is 0 Å². The fraction of sp³-hybridized carbons (Fsp3) is 0.118. The molecular formula is C17H16BrN3O2. The first-order chi connectivity index (χ1) is 11.0. The summed E-state index contributed by atoms with van der Waals surface area (Å²) in [6, 6.07) is 12.8. The molecule has 23 heavy (non-hydrogen) atoms. The van der Waals surface area contributed by atoms with Crippen LogP contribution in [0.1, 0.15) is 16.7 Å². The van der Waals surface area contributed by atoms with E-state index in [9.17, 15) is 9.59 Å². The Morgan fingerprint density at radius 3 is 2.48 bits per heavy atom. The zero-order valence-electron chi connectivity index (χ0n) is 12.8. The van der Waals surface area contributed by atoms with Gasteiger partial charge >= 0.3 is 11.8 Å². The minimum Gasteiger partial charge on any atom is -0.318 e. The normalized spacial score (nSPS) is 10.6. The number of anilines is 1. The largest absolute Gasteiger partial charge is 0.329 e. The van der Waals surface area contributed by atoms with Crippen LogP contribution in [0, 0.1) is 13.8 Å². The molecule has 0 bridgehead atoms. The zero-order valence-corrected chi connectivity index (χ0v) is 14.3. The van der Waals surface area contributed by atoms with Crippen molar-refractivity contribution in [2.45, 2.75) is 13.8 Å². The highest BCUT2D eigenvalue weighted by Gasteiger charge is 2.13. The van der Waals surface area contributed by atoms with Crippen LogP contribution >= 0.6 is 15.9 Å². The third-order valence-electron chi connectivity index (χ3n) is 3.25. The lowest BCUT2D eigenvalue weighted by Gasteiger charge is -2.06. The summed E-state index contributed by atoms with van der Waals surface area (Å²) in [7, 11) is 0. The third-order valence-corrected chi connectivity index (χ3v) is 3.97. The van der Waals surface area contributed by atoms with E-state index in [-0.39, 0.29) is 0 Å². The number of hydrazone groups is 1. The minimum absolute atomic E-state index is 0.572. The molecule has 0 unspecified atom stereocenters. The summed E-state index contributed by atoms with van der Waals surface area (Å²) in [5.74, 6) is -1.59. The number of halogens is 1. The van der Waals surface area contributed by atoms with E-state index in [1.54, 1.807) is 6.07 Å². The molecule has 2 aromatic carbocycles. The van der Waals surface area contributed by atoms with Gasteiger partial charge in [0.25, 0.3) is 0 Å². The maximum absolute atomic E-state index is 11.8. The fourth-order valence-corrected chi connectivity index (χ4v) is 2.19. The van der Waals surface area contributed by atoms with E-state index < -0.39 is 11.8 Å². The number of nitrogens with one attached hydrogen (secondary N) is 2. The van der Waals surface area contributed by atoms with Gasteiger partial charge in [-0.25, -0.2) is 5.43 Å². The quantitative estimate of drug-likeness (QED) is 0.492. The van der Waals surface area contributed by atoms with Crippen LogP contribution in [-0.4, -0.2) is 18.0 Å². The standard InChI is InChI=1S/C17H16BrN3O2/c1-11-7-8-14(9-12(11)2)20-16(22)17(23)21-19-10-13-5-3-4-6-15(13)18/h3-10H,1-2H3,(H,20,22)(H,21,23)/b19-10+. The topological polar surface area (TPSA) is 70.6 Å². The maximum Gasteiger partial charge on any atom is 0.329 e. The maximum atomic E-state index is 11.8. The highest BCUT2D eigenvalue weighted by Crippen LogP contribution is 2.14. The smallest absolute Gasteiger partial charge is 0.318 e. The van der Waals surface area contributed by atoms with E-state index in [1.165, 1.54) is 6.21 Å². The molecule has 0 fully saturated rings. The Hall–Kier alpha value is -2.47. The summed E-state index contributed by atoms with van der Waals surface area (Å²) < 4.78 is 0.845. The van der Waals surface area contributed by atoms with Crippen LogP contribution in [0.15, 0.2) is 52.0 Å². The molecule has 0 atom stereocenters.